The van der Waals surface area contributed by atoms with Gasteiger partial charge in [-0.3, -0.25) is 10.2 Å². The second-order valence-electron chi connectivity index (χ2n) is 14.9. The third-order valence-electron chi connectivity index (χ3n) is 9.08. The number of aliphatic hydroxyl groups is 1. The SMILES string of the molecule is CC[C@H](C)[C@H](NC(=O)OC)C(=O)NC(Cc1ccccc1)C(O)CN(Cc1ccc(-c2nnn(C(C)(C)c3ccccc3)n2)cc1)NC(=O)OC(C)(C)C. The molecule has 4 atom stereocenters. The molecule has 1 heterocycles. The maximum absolute atomic E-state index is 13.7. The zero-order valence-electron chi connectivity index (χ0n) is 32.4. The molecule has 3 aromatic carbocycles. The molecule has 14 heteroatoms. The lowest BCUT2D eigenvalue weighted by Crippen LogP contribution is -2.57. The molecule has 3 amide bonds. The molecule has 0 saturated heterocycles. The number of aliphatic hydroxyl groups excluding tert-OH is 1. The quantitative estimate of drug-likeness (QED) is 0.112. The summed E-state index contributed by atoms with van der Waals surface area (Å²) < 4.78 is 10.3. The minimum Gasteiger partial charge on any atom is -0.453 e. The Labute approximate surface area is 317 Å². The van der Waals surface area contributed by atoms with E-state index in [0.717, 1.165) is 22.3 Å². The number of tetrazole rings is 1. The molecule has 2 unspecified atom stereocenters. The summed E-state index contributed by atoms with van der Waals surface area (Å²) in [5.41, 5.74) is 4.97. The number of hydrogen-bond donors (Lipinski definition) is 4. The number of benzene rings is 3. The number of amides is 3. The van der Waals surface area contributed by atoms with Crippen LogP contribution in [0.25, 0.3) is 11.4 Å². The van der Waals surface area contributed by atoms with Crippen molar-refractivity contribution < 1.29 is 29.0 Å². The summed E-state index contributed by atoms with van der Waals surface area (Å²) in [6.45, 7) is 13.2. The van der Waals surface area contributed by atoms with Crippen molar-refractivity contribution in [1.29, 1.82) is 0 Å². The van der Waals surface area contributed by atoms with Gasteiger partial charge in [0.15, 0.2) is 0 Å². The van der Waals surface area contributed by atoms with Crippen molar-refractivity contribution in [3.8, 4) is 11.4 Å². The molecule has 0 spiro atoms. The minimum absolute atomic E-state index is 0.0817. The number of ether oxygens (including phenoxy) is 2. The van der Waals surface area contributed by atoms with Gasteiger partial charge in [-0.1, -0.05) is 105 Å². The molecule has 14 nitrogen and oxygen atoms in total. The number of aromatic nitrogens is 4. The molecule has 1 aromatic heterocycles. The smallest absolute Gasteiger partial charge is 0.422 e. The highest BCUT2D eigenvalue weighted by Crippen LogP contribution is 2.25. The van der Waals surface area contributed by atoms with E-state index in [2.05, 4.69) is 31.5 Å². The van der Waals surface area contributed by atoms with Crippen molar-refractivity contribution in [3.05, 3.63) is 102 Å². The Kier molecular flexibility index (Phi) is 14.3. The Morgan fingerprint density at radius 1 is 0.870 bits per heavy atom. The summed E-state index contributed by atoms with van der Waals surface area (Å²) in [5.74, 6) is -0.224. The van der Waals surface area contributed by atoms with Crippen LogP contribution in [0.5, 0.6) is 0 Å². The van der Waals surface area contributed by atoms with Crippen molar-refractivity contribution in [3.63, 3.8) is 0 Å². The monoisotopic (exact) mass is 742 g/mol. The Balaban J connectivity index is 1.56. The molecule has 0 saturated carbocycles. The molecular weight excluding hydrogens is 688 g/mol. The number of carbonyl (C=O) groups excluding carboxylic acids is 3. The lowest BCUT2D eigenvalue weighted by atomic mass is 9.95. The lowest BCUT2D eigenvalue weighted by Gasteiger charge is -2.32. The summed E-state index contributed by atoms with van der Waals surface area (Å²) in [5, 5.41) is 32.2. The van der Waals surface area contributed by atoms with Gasteiger partial charge in [0, 0.05) is 18.7 Å². The van der Waals surface area contributed by atoms with Crippen LogP contribution in [-0.4, -0.2) is 85.9 Å². The molecule has 0 fully saturated rings. The number of nitrogens with one attached hydrogen (secondary N) is 3. The third kappa shape index (κ3) is 11.8. The fraction of sp³-hybridized carbons (Fsp3) is 0.450. The number of methoxy groups -OCH3 is 1. The number of hydrazine groups is 1. The summed E-state index contributed by atoms with van der Waals surface area (Å²) in [4.78, 5) is 40.4. The number of carbonyl (C=O) groups is 3. The van der Waals surface area contributed by atoms with Crippen LogP contribution < -0.4 is 16.1 Å². The molecule has 290 valence electrons. The highest BCUT2D eigenvalue weighted by Gasteiger charge is 2.32. The van der Waals surface area contributed by atoms with Gasteiger partial charge >= 0.3 is 12.2 Å². The van der Waals surface area contributed by atoms with Crippen LogP contribution in [0.2, 0.25) is 0 Å². The van der Waals surface area contributed by atoms with Crippen molar-refractivity contribution in [2.75, 3.05) is 13.7 Å². The second kappa shape index (κ2) is 18.6. The molecule has 0 aliphatic rings. The normalized spacial score (nSPS) is 14.0. The van der Waals surface area contributed by atoms with Gasteiger partial charge in [0.25, 0.3) is 0 Å². The maximum atomic E-state index is 13.7. The molecule has 0 aliphatic heterocycles. The third-order valence-corrected chi connectivity index (χ3v) is 9.08. The first-order valence-electron chi connectivity index (χ1n) is 18.2. The van der Waals surface area contributed by atoms with Gasteiger partial charge in [-0.25, -0.2) is 14.6 Å². The maximum Gasteiger partial charge on any atom is 0.422 e. The van der Waals surface area contributed by atoms with Crippen molar-refractivity contribution >= 4 is 18.1 Å². The van der Waals surface area contributed by atoms with Crippen LogP contribution >= 0.6 is 0 Å². The molecule has 54 heavy (non-hydrogen) atoms. The van der Waals surface area contributed by atoms with E-state index in [9.17, 15) is 19.5 Å². The van der Waals surface area contributed by atoms with E-state index in [0.29, 0.717) is 12.2 Å². The van der Waals surface area contributed by atoms with Gasteiger partial charge < -0.3 is 25.2 Å². The predicted octanol–water partition coefficient (Wildman–Crippen LogP) is 5.22. The molecule has 0 aliphatic carbocycles. The number of nitrogens with zero attached hydrogens (tertiary/aromatic N) is 5. The van der Waals surface area contributed by atoms with Gasteiger partial charge in [-0.15, -0.1) is 10.2 Å². The van der Waals surface area contributed by atoms with E-state index in [1.807, 2.05) is 113 Å². The fourth-order valence-corrected chi connectivity index (χ4v) is 5.75. The first-order valence-corrected chi connectivity index (χ1v) is 18.2. The molecule has 0 radical (unpaired) electrons. The summed E-state index contributed by atoms with van der Waals surface area (Å²) in [6, 6.07) is 25.2. The largest absolute Gasteiger partial charge is 0.453 e. The molecule has 0 bridgehead atoms. The number of alkyl carbamates (subject to hydrolysis) is 1. The number of hydrogen-bond acceptors (Lipinski definition) is 10. The minimum atomic E-state index is -1.17. The zero-order valence-corrected chi connectivity index (χ0v) is 32.4. The Morgan fingerprint density at radius 2 is 1.50 bits per heavy atom. The topological polar surface area (TPSA) is 173 Å². The predicted molar refractivity (Wildman–Crippen MR) is 205 cm³/mol. The van der Waals surface area contributed by atoms with E-state index in [1.165, 1.54) is 7.11 Å². The van der Waals surface area contributed by atoms with E-state index in [4.69, 9.17) is 9.47 Å². The highest BCUT2D eigenvalue weighted by molar-refractivity contribution is 5.86. The van der Waals surface area contributed by atoms with E-state index in [1.54, 1.807) is 30.6 Å². The molecule has 4 N–H and O–H groups in total. The lowest BCUT2D eigenvalue weighted by molar-refractivity contribution is -0.126. The summed E-state index contributed by atoms with van der Waals surface area (Å²) in [7, 11) is 1.23. The van der Waals surface area contributed by atoms with E-state index in [-0.39, 0.29) is 25.4 Å². The fourth-order valence-electron chi connectivity index (χ4n) is 5.75. The van der Waals surface area contributed by atoms with Crippen molar-refractivity contribution in [2.45, 2.75) is 97.2 Å². The van der Waals surface area contributed by atoms with Crippen LogP contribution in [0.3, 0.4) is 0 Å². The first kappa shape index (κ1) is 41.4. The second-order valence-corrected chi connectivity index (χ2v) is 14.9. The van der Waals surface area contributed by atoms with Gasteiger partial charge in [-0.2, -0.15) is 4.80 Å². The van der Waals surface area contributed by atoms with Crippen molar-refractivity contribution in [2.24, 2.45) is 5.92 Å². The Bertz CT molecular complexity index is 1790. The van der Waals surface area contributed by atoms with E-state index >= 15 is 0 Å². The van der Waals surface area contributed by atoms with Crippen LogP contribution in [0, 0.1) is 5.92 Å². The van der Waals surface area contributed by atoms with Crippen LogP contribution in [0.15, 0.2) is 84.9 Å². The van der Waals surface area contributed by atoms with E-state index < -0.39 is 47.4 Å². The van der Waals surface area contributed by atoms with Crippen molar-refractivity contribution in [1.82, 2.24) is 41.3 Å². The van der Waals surface area contributed by atoms with Crippen LogP contribution in [0.1, 0.15) is 71.6 Å². The highest BCUT2D eigenvalue weighted by atomic mass is 16.6. The van der Waals surface area contributed by atoms with Crippen LogP contribution in [-0.2, 0) is 32.8 Å². The molecule has 4 aromatic rings. The molecular formula is C40H54N8O6. The average molecular weight is 743 g/mol. The first-order chi connectivity index (χ1) is 25.6. The average Bonchev–Trinajstić information content (AvgIpc) is 3.65. The van der Waals surface area contributed by atoms with Gasteiger partial charge in [0.2, 0.25) is 11.7 Å². The summed E-state index contributed by atoms with van der Waals surface area (Å²) >= 11 is 0. The zero-order chi connectivity index (χ0) is 39.5. The Hall–Kier alpha value is -5.34. The summed E-state index contributed by atoms with van der Waals surface area (Å²) in [6.07, 6.45) is -1.71. The van der Waals surface area contributed by atoms with Gasteiger partial charge in [0.05, 0.1) is 19.3 Å². The van der Waals surface area contributed by atoms with Gasteiger partial charge in [0.1, 0.15) is 17.2 Å². The van der Waals surface area contributed by atoms with Gasteiger partial charge in [-0.05, 0) is 68.9 Å². The standard InChI is InChI=1S/C40H54N8O6/c1-9-27(2)34(42-37(51)53-8)36(50)41-32(24-28-16-12-10-13-17-28)33(49)26-47(45-38(52)54-39(3,4)5)25-29-20-22-30(23-21-29)35-43-46-48(44-35)40(6,7)31-18-14-11-15-19-31/h10-23,27,32-34,49H,9,24-26H2,1-8H3,(H,41,50)(H,42,51)(H,45,52)/t27-,32?,33?,34-/m0/s1. The Morgan fingerprint density at radius 3 is 2.09 bits per heavy atom. The molecule has 4 rings (SSSR count). The number of rotatable bonds is 16. The van der Waals surface area contributed by atoms with Crippen LogP contribution in [0.4, 0.5) is 9.59 Å².